The lowest BCUT2D eigenvalue weighted by Gasteiger charge is -2.13. The number of carboxylic acids is 1. The summed E-state index contributed by atoms with van der Waals surface area (Å²) in [5.74, 6) is -0.745. The second kappa shape index (κ2) is 5.80. The Hall–Kier alpha value is -1.60. The van der Waals surface area contributed by atoms with Crippen LogP contribution in [0.5, 0.6) is 5.75 Å². The van der Waals surface area contributed by atoms with Crippen molar-refractivity contribution in [2.75, 3.05) is 7.11 Å². The zero-order valence-electron chi connectivity index (χ0n) is 11.1. The smallest absolute Gasteiger partial charge is 0.306 e. The van der Waals surface area contributed by atoms with Crippen LogP contribution < -0.4 is 9.46 Å². The van der Waals surface area contributed by atoms with Gasteiger partial charge in [-0.05, 0) is 43.5 Å². The van der Waals surface area contributed by atoms with Gasteiger partial charge in [0.2, 0.25) is 10.0 Å². The molecule has 0 saturated heterocycles. The van der Waals surface area contributed by atoms with Gasteiger partial charge in [-0.15, -0.1) is 0 Å². The molecule has 0 aromatic heterocycles. The van der Waals surface area contributed by atoms with E-state index < -0.39 is 21.9 Å². The topological polar surface area (TPSA) is 92.7 Å². The molecule has 0 bridgehead atoms. The summed E-state index contributed by atoms with van der Waals surface area (Å²) in [7, 11) is -2.11. The van der Waals surface area contributed by atoms with E-state index >= 15 is 0 Å². The van der Waals surface area contributed by atoms with E-state index in [1.165, 1.54) is 19.2 Å². The first-order valence-corrected chi connectivity index (χ1v) is 7.80. The monoisotopic (exact) mass is 299 g/mol. The summed E-state index contributed by atoms with van der Waals surface area (Å²) < 4.78 is 31.9. The molecule has 1 aliphatic carbocycles. The Bertz CT molecular complexity index is 581. The molecule has 1 aliphatic rings. The number of sulfonamides is 1. The van der Waals surface area contributed by atoms with E-state index in [9.17, 15) is 13.2 Å². The normalized spacial score (nSPS) is 22.6. The van der Waals surface area contributed by atoms with Gasteiger partial charge in [-0.3, -0.25) is 4.79 Å². The van der Waals surface area contributed by atoms with Crippen LogP contribution in [0.1, 0.15) is 19.3 Å². The maximum absolute atomic E-state index is 12.2. The molecule has 2 atom stereocenters. The van der Waals surface area contributed by atoms with Gasteiger partial charge in [0.15, 0.2) is 0 Å². The number of nitrogens with one attached hydrogen (secondary N) is 1. The van der Waals surface area contributed by atoms with E-state index in [1.54, 1.807) is 12.1 Å². The summed E-state index contributed by atoms with van der Waals surface area (Å²) in [6.45, 7) is 0. The maximum atomic E-state index is 12.2. The number of methoxy groups -OCH3 is 1. The standard InChI is InChI=1S/C13H17NO5S/c1-19-11-4-6-12(7-5-11)20(17,18)14-10-3-2-9(8-10)13(15)16/h4-7,9-10,14H,2-3,8H2,1H3,(H,15,16)/t9-,10+/m1/s1. The van der Waals surface area contributed by atoms with E-state index in [-0.39, 0.29) is 10.9 Å². The van der Waals surface area contributed by atoms with Crippen LogP contribution in [0.4, 0.5) is 0 Å². The van der Waals surface area contributed by atoms with Gasteiger partial charge in [0.05, 0.1) is 17.9 Å². The number of aliphatic carboxylic acids is 1. The van der Waals surface area contributed by atoms with Crippen LogP contribution in [0.15, 0.2) is 29.2 Å². The van der Waals surface area contributed by atoms with Crippen LogP contribution >= 0.6 is 0 Å². The predicted octanol–water partition coefficient (Wildman–Crippen LogP) is 1.23. The first-order valence-electron chi connectivity index (χ1n) is 6.31. The number of ether oxygens (including phenoxy) is 1. The SMILES string of the molecule is COc1ccc(S(=O)(=O)N[C@H]2CC[C@@H](C(=O)O)C2)cc1. The molecule has 1 aromatic rings. The highest BCUT2D eigenvalue weighted by Gasteiger charge is 2.32. The molecule has 7 heteroatoms. The largest absolute Gasteiger partial charge is 0.497 e. The maximum Gasteiger partial charge on any atom is 0.306 e. The minimum atomic E-state index is -3.62. The minimum absolute atomic E-state index is 0.150. The van der Waals surface area contributed by atoms with Crippen molar-refractivity contribution in [2.45, 2.75) is 30.2 Å². The fourth-order valence-electron chi connectivity index (χ4n) is 2.36. The molecule has 2 rings (SSSR count). The van der Waals surface area contributed by atoms with Crippen LogP contribution in [0, 0.1) is 5.92 Å². The summed E-state index contributed by atoms with van der Waals surface area (Å²) in [4.78, 5) is 11.0. The van der Waals surface area contributed by atoms with Crippen molar-refractivity contribution in [3.05, 3.63) is 24.3 Å². The molecule has 0 spiro atoms. The quantitative estimate of drug-likeness (QED) is 0.853. The minimum Gasteiger partial charge on any atom is -0.497 e. The zero-order chi connectivity index (χ0) is 14.8. The van der Waals surface area contributed by atoms with E-state index in [0.717, 1.165) is 0 Å². The Kier molecular flexibility index (Phi) is 4.29. The van der Waals surface area contributed by atoms with E-state index in [2.05, 4.69) is 4.72 Å². The summed E-state index contributed by atoms with van der Waals surface area (Å²) in [5, 5.41) is 8.91. The molecular formula is C13H17NO5S. The molecule has 0 aliphatic heterocycles. The highest BCUT2D eigenvalue weighted by Crippen LogP contribution is 2.27. The first kappa shape index (κ1) is 14.8. The number of rotatable bonds is 5. The van der Waals surface area contributed by atoms with Crippen LogP contribution in [-0.2, 0) is 14.8 Å². The molecule has 2 N–H and O–H groups in total. The Morgan fingerprint density at radius 1 is 1.30 bits per heavy atom. The van der Waals surface area contributed by atoms with Crippen LogP contribution in [0.2, 0.25) is 0 Å². The number of carboxylic acid groups (broad SMARTS) is 1. The molecule has 0 heterocycles. The number of benzene rings is 1. The van der Waals surface area contributed by atoms with Crippen molar-refractivity contribution < 1.29 is 23.1 Å². The lowest BCUT2D eigenvalue weighted by atomic mass is 10.1. The molecule has 0 amide bonds. The van der Waals surface area contributed by atoms with Crippen molar-refractivity contribution in [3.8, 4) is 5.75 Å². The van der Waals surface area contributed by atoms with Gasteiger partial charge in [0.25, 0.3) is 0 Å². The molecule has 1 fully saturated rings. The van der Waals surface area contributed by atoms with Crippen molar-refractivity contribution in [1.29, 1.82) is 0 Å². The fourth-order valence-corrected chi connectivity index (χ4v) is 3.64. The number of carbonyl (C=O) groups is 1. The summed E-state index contributed by atoms with van der Waals surface area (Å²) in [5.41, 5.74) is 0. The second-order valence-corrected chi connectivity index (χ2v) is 6.56. The van der Waals surface area contributed by atoms with Crippen molar-refractivity contribution in [2.24, 2.45) is 5.92 Å². The highest BCUT2D eigenvalue weighted by atomic mass is 32.2. The summed E-state index contributed by atoms with van der Waals surface area (Å²) >= 11 is 0. The lowest BCUT2D eigenvalue weighted by Crippen LogP contribution is -2.33. The predicted molar refractivity (Wildman–Crippen MR) is 72.1 cm³/mol. The third-order valence-corrected chi connectivity index (χ3v) is 5.01. The average molecular weight is 299 g/mol. The number of hydrogen-bond acceptors (Lipinski definition) is 4. The molecular weight excluding hydrogens is 282 g/mol. The van der Waals surface area contributed by atoms with Gasteiger partial charge in [-0.2, -0.15) is 0 Å². The van der Waals surface area contributed by atoms with Gasteiger partial charge in [-0.25, -0.2) is 13.1 Å². The second-order valence-electron chi connectivity index (χ2n) is 4.84. The Morgan fingerprint density at radius 3 is 2.45 bits per heavy atom. The van der Waals surface area contributed by atoms with Crippen LogP contribution in [-0.4, -0.2) is 32.6 Å². The van der Waals surface area contributed by atoms with Crippen molar-refractivity contribution in [1.82, 2.24) is 4.72 Å². The van der Waals surface area contributed by atoms with E-state index in [0.29, 0.717) is 25.0 Å². The van der Waals surface area contributed by atoms with Gasteiger partial charge >= 0.3 is 5.97 Å². The van der Waals surface area contributed by atoms with Crippen molar-refractivity contribution in [3.63, 3.8) is 0 Å². The van der Waals surface area contributed by atoms with Gasteiger partial charge in [0, 0.05) is 6.04 Å². The highest BCUT2D eigenvalue weighted by molar-refractivity contribution is 7.89. The zero-order valence-corrected chi connectivity index (χ0v) is 11.9. The molecule has 6 nitrogen and oxygen atoms in total. The summed E-state index contributed by atoms with van der Waals surface area (Å²) in [6, 6.07) is 5.76. The molecule has 1 saturated carbocycles. The van der Waals surface area contributed by atoms with Gasteiger partial charge in [-0.1, -0.05) is 0 Å². The third-order valence-electron chi connectivity index (χ3n) is 3.47. The Labute approximate surface area is 117 Å². The first-order chi connectivity index (χ1) is 9.42. The van der Waals surface area contributed by atoms with E-state index in [4.69, 9.17) is 9.84 Å². The Morgan fingerprint density at radius 2 is 1.95 bits per heavy atom. The third kappa shape index (κ3) is 3.29. The van der Waals surface area contributed by atoms with E-state index in [1.807, 2.05) is 0 Å². The fraction of sp³-hybridized carbons (Fsp3) is 0.462. The Balaban J connectivity index is 2.06. The molecule has 1 aromatic carbocycles. The average Bonchev–Trinajstić information content (AvgIpc) is 2.87. The van der Waals surface area contributed by atoms with Crippen LogP contribution in [0.25, 0.3) is 0 Å². The van der Waals surface area contributed by atoms with Crippen molar-refractivity contribution >= 4 is 16.0 Å². The lowest BCUT2D eigenvalue weighted by molar-refractivity contribution is -0.141. The van der Waals surface area contributed by atoms with Gasteiger partial charge in [0.1, 0.15) is 5.75 Å². The molecule has 110 valence electrons. The summed E-state index contributed by atoms with van der Waals surface area (Å²) in [6.07, 6.45) is 1.39. The number of hydrogen-bond donors (Lipinski definition) is 2. The molecule has 0 radical (unpaired) electrons. The molecule has 20 heavy (non-hydrogen) atoms. The van der Waals surface area contributed by atoms with Crippen LogP contribution in [0.3, 0.4) is 0 Å². The van der Waals surface area contributed by atoms with Gasteiger partial charge < -0.3 is 9.84 Å². The molecule has 0 unspecified atom stereocenters.